The number of hydrogen-bond acceptors (Lipinski definition) is 3. The Balaban J connectivity index is 2.40. The van der Waals surface area contributed by atoms with Gasteiger partial charge >= 0.3 is 0 Å². The number of anilines is 1. The molecule has 0 unspecified atom stereocenters. The van der Waals surface area contributed by atoms with Gasteiger partial charge in [-0.15, -0.1) is 10.2 Å². The van der Waals surface area contributed by atoms with Gasteiger partial charge in [0.15, 0.2) is 5.82 Å². The fourth-order valence-corrected chi connectivity index (χ4v) is 2.66. The second-order valence-electron chi connectivity index (χ2n) is 5.44. The Morgan fingerprint density at radius 1 is 1.32 bits per heavy atom. The molecule has 0 aliphatic carbocycles. The van der Waals surface area contributed by atoms with Crippen LogP contribution in [-0.4, -0.2) is 14.8 Å². The van der Waals surface area contributed by atoms with E-state index in [-0.39, 0.29) is 11.4 Å². The highest BCUT2D eigenvalue weighted by Crippen LogP contribution is 2.39. The third-order valence-electron chi connectivity index (χ3n) is 3.64. The van der Waals surface area contributed by atoms with Gasteiger partial charge in [-0.25, -0.2) is 4.39 Å². The molecule has 0 saturated carbocycles. The molecule has 1 N–H and O–H groups in total. The number of benzene rings is 1. The summed E-state index contributed by atoms with van der Waals surface area (Å²) in [5, 5.41) is 11.7. The molecular formula is C14H17FN4. The first-order valence-electron chi connectivity index (χ1n) is 6.48. The monoisotopic (exact) mass is 260 g/mol. The van der Waals surface area contributed by atoms with Crippen LogP contribution in [0.1, 0.15) is 38.0 Å². The molecule has 2 aromatic rings. The van der Waals surface area contributed by atoms with Crippen molar-refractivity contribution < 1.29 is 4.39 Å². The van der Waals surface area contributed by atoms with Gasteiger partial charge in [-0.05, 0) is 38.8 Å². The SMILES string of the molecule is CCc1ccc(F)c2c1NC(C)(C)c1nnc(C)n1-2. The Kier molecular flexibility index (Phi) is 2.42. The van der Waals surface area contributed by atoms with Crippen LogP contribution in [0.2, 0.25) is 0 Å². The molecule has 0 spiro atoms. The first-order chi connectivity index (χ1) is 8.95. The Morgan fingerprint density at radius 2 is 2.05 bits per heavy atom. The average molecular weight is 260 g/mol. The summed E-state index contributed by atoms with van der Waals surface area (Å²) in [4.78, 5) is 0. The lowest BCUT2D eigenvalue weighted by molar-refractivity contribution is 0.521. The summed E-state index contributed by atoms with van der Waals surface area (Å²) in [6.07, 6.45) is 0.849. The van der Waals surface area contributed by atoms with Crippen molar-refractivity contribution in [2.45, 2.75) is 39.7 Å². The van der Waals surface area contributed by atoms with Gasteiger partial charge < -0.3 is 5.32 Å². The Morgan fingerprint density at radius 3 is 2.74 bits per heavy atom. The predicted molar refractivity (Wildman–Crippen MR) is 72.1 cm³/mol. The molecule has 1 aromatic heterocycles. The normalized spacial score (nSPS) is 15.6. The van der Waals surface area contributed by atoms with Crippen molar-refractivity contribution in [3.8, 4) is 5.69 Å². The molecule has 0 amide bonds. The highest BCUT2D eigenvalue weighted by molar-refractivity contribution is 5.70. The summed E-state index contributed by atoms with van der Waals surface area (Å²) in [7, 11) is 0. The van der Waals surface area contributed by atoms with Crippen LogP contribution in [0.3, 0.4) is 0 Å². The number of halogens is 1. The highest BCUT2D eigenvalue weighted by atomic mass is 19.1. The summed E-state index contributed by atoms with van der Waals surface area (Å²) in [5.74, 6) is 1.20. The van der Waals surface area contributed by atoms with E-state index in [0.29, 0.717) is 11.5 Å². The van der Waals surface area contributed by atoms with E-state index in [2.05, 4.69) is 22.4 Å². The molecule has 100 valence electrons. The number of nitrogens with one attached hydrogen (secondary N) is 1. The Bertz CT molecular complexity index is 658. The highest BCUT2D eigenvalue weighted by Gasteiger charge is 2.36. The van der Waals surface area contributed by atoms with Crippen LogP contribution in [0.4, 0.5) is 10.1 Å². The van der Waals surface area contributed by atoms with Crippen molar-refractivity contribution >= 4 is 5.69 Å². The summed E-state index contributed by atoms with van der Waals surface area (Å²) in [6, 6.07) is 3.35. The molecule has 0 saturated heterocycles. The van der Waals surface area contributed by atoms with Gasteiger partial charge in [0.25, 0.3) is 0 Å². The number of hydrogen-bond donors (Lipinski definition) is 1. The van der Waals surface area contributed by atoms with Crippen LogP contribution in [-0.2, 0) is 12.0 Å². The maximum absolute atomic E-state index is 14.3. The molecule has 1 aliphatic rings. The van der Waals surface area contributed by atoms with Gasteiger partial charge in [0, 0.05) is 0 Å². The van der Waals surface area contributed by atoms with E-state index in [1.54, 1.807) is 0 Å². The van der Waals surface area contributed by atoms with Gasteiger partial charge in [-0.2, -0.15) is 0 Å². The van der Waals surface area contributed by atoms with E-state index < -0.39 is 0 Å². The Hall–Kier alpha value is -1.91. The standard InChI is InChI=1S/C14H17FN4/c1-5-9-6-7-10(15)12-11(9)16-14(3,4)13-18-17-8(2)19(12)13/h6-7,16H,5H2,1-4H3. The topological polar surface area (TPSA) is 42.7 Å². The minimum Gasteiger partial charge on any atom is -0.371 e. The third-order valence-corrected chi connectivity index (χ3v) is 3.64. The smallest absolute Gasteiger partial charge is 0.162 e. The van der Waals surface area contributed by atoms with E-state index in [1.807, 2.05) is 31.4 Å². The van der Waals surface area contributed by atoms with Crippen molar-refractivity contribution in [3.05, 3.63) is 35.2 Å². The van der Waals surface area contributed by atoms with Crippen molar-refractivity contribution in [2.24, 2.45) is 0 Å². The Labute approximate surface area is 111 Å². The molecule has 0 atom stereocenters. The summed E-state index contributed by atoms with van der Waals surface area (Å²) < 4.78 is 16.1. The number of fused-ring (bicyclic) bond motifs is 3. The van der Waals surface area contributed by atoms with Gasteiger partial charge in [-0.1, -0.05) is 13.0 Å². The molecule has 19 heavy (non-hydrogen) atoms. The van der Waals surface area contributed by atoms with E-state index >= 15 is 0 Å². The van der Waals surface area contributed by atoms with Gasteiger partial charge in [0.05, 0.1) is 11.2 Å². The van der Waals surface area contributed by atoms with E-state index in [0.717, 1.165) is 23.5 Å². The third kappa shape index (κ3) is 1.57. The van der Waals surface area contributed by atoms with Crippen LogP contribution in [0.5, 0.6) is 0 Å². The maximum Gasteiger partial charge on any atom is 0.162 e. The van der Waals surface area contributed by atoms with Gasteiger partial charge in [0.2, 0.25) is 0 Å². The number of aromatic nitrogens is 3. The molecule has 2 heterocycles. The van der Waals surface area contributed by atoms with E-state index in [9.17, 15) is 4.39 Å². The zero-order valence-electron chi connectivity index (χ0n) is 11.6. The minimum absolute atomic E-state index is 0.251. The number of rotatable bonds is 1. The molecule has 0 radical (unpaired) electrons. The van der Waals surface area contributed by atoms with Crippen LogP contribution in [0.15, 0.2) is 12.1 Å². The predicted octanol–water partition coefficient (Wildman–Crippen LogP) is 2.94. The quantitative estimate of drug-likeness (QED) is 0.857. The summed E-state index contributed by atoms with van der Waals surface area (Å²) in [6.45, 7) is 7.97. The molecular weight excluding hydrogens is 243 g/mol. The van der Waals surface area contributed by atoms with E-state index in [4.69, 9.17) is 0 Å². The molecule has 0 fully saturated rings. The van der Waals surface area contributed by atoms with Crippen LogP contribution < -0.4 is 5.32 Å². The van der Waals surface area contributed by atoms with Gasteiger partial charge in [-0.3, -0.25) is 4.57 Å². The number of nitrogens with zero attached hydrogens (tertiary/aromatic N) is 3. The first-order valence-corrected chi connectivity index (χ1v) is 6.48. The lowest BCUT2D eigenvalue weighted by Gasteiger charge is -2.35. The molecule has 1 aromatic carbocycles. The second kappa shape index (κ2) is 3.79. The zero-order chi connectivity index (χ0) is 13.8. The van der Waals surface area contributed by atoms with Crippen LogP contribution >= 0.6 is 0 Å². The van der Waals surface area contributed by atoms with Gasteiger partial charge in [0.1, 0.15) is 17.3 Å². The summed E-state index contributed by atoms with van der Waals surface area (Å²) in [5.41, 5.74) is 2.12. The van der Waals surface area contributed by atoms with Crippen LogP contribution in [0, 0.1) is 12.7 Å². The lowest BCUT2D eigenvalue weighted by Crippen LogP contribution is -2.37. The second-order valence-corrected chi connectivity index (χ2v) is 5.44. The molecule has 4 nitrogen and oxygen atoms in total. The minimum atomic E-state index is -0.369. The molecule has 5 heteroatoms. The fraction of sp³-hybridized carbons (Fsp3) is 0.429. The van der Waals surface area contributed by atoms with E-state index in [1.165, 1.54) is 6.07 Å². The average Bonchev–Trinajstić information content (AvgIpc) is 2.73. The lowest BCUT2D eigenvalue weighted by atomic mass is 9.97. The summed E-state index contributed by atoms with van der Waals surface area (Å²) >= 11 is 0. The van der Waals surface area contributed by atoms with Crippen LogP contribution in [0.25, 0.3) is 5.69 Å². The number of aryl methyl sites for hydroxylation is 2. The van der Waals surface area contributed by atoms with Crippen molar-refractivity contribution in [1.29, 1.82) is 0 Å². The molecule has 0 bridgehead atoms. The molecule has 3 rings (SSSR count). The maximum atomic E-state index is 14.3. The zero-order valence-corrected chi connectivity index (χ0v) is 11.6. The fourth-order valence-electron chi connectivity index (χ4n) is 2.66. The first kappa shape index (κ1) is 12.1. The van der Waals surface area contributed by atoms with Crippen molar-refractivity contribution in [1.82, 2.24) is 14.8 Å². The molecule has 1 aliphatic heterocycles. The van der Waals surface area contributed by atoms with Crippen molar-refractivity contribution in [2.75, 3.05) is 5.32 Å². The largest absolute Gasteiger partial charge is 0.371 e. The van der Waals surface area contributed by atoms with Crippen molar-refractivity contribution in [3.63, 3.8) is 0 Å².